The van der Waals surface area contributed by atoms with Gasteiger partial charge in [0.1, 0.15) is 5.75 Å². The molecule has 0 heterocycles. The number of alkyl halides is 3. The zero-order chi connectivity index (χ0) is 18.4. The maximum Gasteiger partial charge on any atom is 0.422 e. The van der Waals surface area contributed by atoms with E-state index in [-0.39, 0.29) is 24.5 Å². The van der Waals surface area contributed by atoms with Crippen molar-refractivity contribution < 1.29 is 31.5 Å². The second kappa shape index (κ2) is 7.96. The summed E-state index contributed by atoms with van der Waals surface area (Å²) in [5.74, 6) is -2.28. The van der Waals surface area contributed by atoms with Crippen LogP contribution in [0.1, 0.15) is 12.0 Å². The predicted octanol–water partition coefficient (Wildman–Crippen LogP) is 4.48. The lowest BCUT2D eigenvalue weighted by atomic mass is 10.1. The van der Waals surface area contributed by atoms with Gasteiger partial charge in [-0.2, -0.15) is 13.2 Å². The van der Waals surface area contributed by atoms with E-state index in [4.69, 9.17) is 0 Å². The fourth-order valence-electron chi connectivity index (χ4n) is 1.98. The Labute approximate surface area is 140 Å². The van der Waals surface area contributed by atoms with Crippen LogP contribution >= 0.6 is 0 Å². The van der Waals surface area contributed by atoms with E-state index in [1.807, 2.05) is 0 Å². The van der Waals surface area contributed by atoms with Crippen LogP contribution in [0.15, 0.2) is 42.5 Å². The first kappa shape index (κ1) is 18.7. The third kappa shape index (κ3) is 6.40. The van der Waals surface area contributed by atoms with E-state index >= 15 is 0 Å². The van der Waals surface area contributed by atoms with Crippen LogP contribution < -0.4 is 10.1 Å². The molecule has 0 saturated heterocycles. The summed E-state index contributed by atoms with van der Waals surface area (Å²) in [5.41, 5.74) is 0.861. The molecule has 2 aromatic rings. The summed E-state index contributed by atoms with van der Waals surface area (Å²) in [6.45, 7) is -1.40. The highest BCUT2D eigenvalue weighted by molar-refractivity contribution is 5.90. The van der Waals surface area contributed by atoms with Gasteiger partial charge in [0.05, 0.1) is 0 Å². The van der Waals surface area contributed by atoms with E-state index in [1.165, 1.54) is 30.3 Å². The number of hydrogen-bond donors (Lipinski definition) is 1. The van der Waals surface area contributed by atoms with Crippen LogP contribution in [-0.4, -0.2) is 18.7 Å². The van der Waals surface area contributed by atoms with Crippen molar-refractivity contribution in [3.63, 3.8) is 0 Å². The summed E-state index contributed by atoms with van der Waals surface area (Å²) in [6, 6.07) is 8.81. The molecule has 0 spiro atoms. The van der Waals surface area contributed by atoms with Gasteiger partial charge in [-0.25, -0.2) is 8.78 Å². The zero-order valence-electron chi connectivity index (χ0n) is 12.9. The number of aryl methyl sites for hydroxylation is 1. The van der Waals surface area contributed by atoms with E-state index in [9.17, 15) is 26.7 Å². The molecule has 0 fully saturated rings. The first-order chi connectivity index (χ1) is 11.7. The molecule has 2 rings (SSSR count). The molecule has 0 aliphatic heterocycles. The molecule has 0 saturated carbocycles. The van der Waals surface area contributed by atoms with E-state index in [1.54, 1.807) is 0 Å². The van der Waals surface area contributed by atoms with Crippen LogP contribution in [0.5, 0.6) is 5.75 Å². The normalized spacial score (nSPS) is 11.2. The van der Waals surface area contributed by atoms with Gasteiger partial charge in [-0.05, 0) is 48.4 Å². The Morgan fingerprint density at radius 2 is 1.68 bits per heavy atom. The Kier molecular flexibility index (Phi) is 5.95. The highest BCUT2D eigenvalue weighted by Crippen LogP contribution is 2.20. The summed E-state index contributed by atoms with van der Waals surface area (Å²) in [7, 11) is 0. The van der Waals surface area contributed by atoms with Gasteiger partial charge in [0.15, 0.2) is 18.2 Å². The van der Waals surface area contributed by atoms with Gasteiger partial charge in [-0.3, -0.25) is 4.79 Å². The Hall–Kier alpha value is -2.64. The van der Waals surface area contributed by atoms with Gasteiger partial charge in [-0.15, -0.1) is 0 Å². The van der Waals surface area contributed by atoms with Gasteiger partial charge in [-0.1, -0.05) is 6.07 Å². The number of amides is 1. The lowest BCUT2D eigenvalue weighted by molar-refractivity contribution is -0.153. The summed E-state index contributed by atoms with van der Waals surface area (Å²) in [6.07, 6.45) is -4.17. The molecule has 0 atom stereocenters. The second-order valence-electron chi connectivity index (χ2n) is 5.22. The minimum Gasteiger partial charge on any atom is -0.484 e. The molecule has 3 nitrogen and oxygen atoms in total. The number of nitrogens with one attached hydrogen (secondary N) is 1. The van der Waals surface area contributed by atoms with E-state index < -0.39 is 24.4 Å². The number of benzene rings is 2. The third-order valence-electron chi connectivity index (χ3n) is 3.17. The Balaban J connectivity index is 1.82. The Morgan fingerprint density at radius 1 is 1.00 bits per heavy atom. The van der Waals surface area contributed by atoms with Crippen LogP contribution in [0.25, 0.3) is 0 Å². The second-order valence-corrected chi connectivity index (χ2v) is 5.22. The van der Waals surface area contributed by atoms with Crippen molar-refractivity contribution in [3.05, 3.63) is 59.7 Å². The molecule has 134 valence electrons. The quantitative estimate of drug-likeness (QED) is 0.773. The van der Waals surface area contributed by atoms with Crippen molar-refractivity contribution in [2.24, 2.45) is 0 Å². The molecule has 8 heteroatoms. The van der Waals surface area contributed by atoms with Gasteiger partial charge in [0, 0.05) is 12.1 Å². The average molecular weight is 359 g/mol. The topological polar surface area (TPSA) is 38.3 Å². The number of rotatable bonds is 6. The Morgan fingerprint density at radius 3 is 2.28 bits per heavy atom. The van der Waals surface area contributed by atoms with E-state index in [0.29, 0.717) is 11.3 Å². The predicted molar refractivity (Wildman–Crippen MR) is 81.3 cm³/mol. The maximum absolute atomic E-state index is 13.1. The molecule has 2 aromatic carbocycles. The average Bonchev–Trinajstić information content (AvgIpc) is 2.55. The van der Waals surface area contributed by atoms with Gasteiger partial charge >= 0.3 is 6.18 Å². The zero-order valence-corrected chi connectivity index (χ0v) is 12.9. The van der Waals surface area contributed by atoms with E-state index in [2.05, 4.69) is 10.1 Å². The van der Waals surface area contributed by atoms with Crippen molar-refractivity contribution in [3.8, 4) is 5.75 Å². The van der Waals surface area contributed by atoms with Crippen LogP contribution in [0, 0.1) is 11.6 Å². The van der Waals surface area contributed by atoms with E-state index in [0.717, 1.165) is 12.1 Å². The molecule has 0 radical (unpaired) electrons. The standard InChI is InChI=1S/C17H14F5NO2/c18-14-7-1-11(9-15(14)19)2-8-16(24)23-12-3-5-13(6-4-12)25-10-17(20,21)22/h1,3-7,9H,2,8,10H2,(H,23,24). The minimum absolute atomic E-state index is 0.0251. The fraction of sp³-hybridized carbons (Fsp3) is 0.235. The number of hydrogen-bond acceptors (Lipinski definition) is 2. The number of anilines is 1. The summed E-state index contributed by atoms with van der Waals surface area (Å²) < 4.78 is 66.5. The SMILES string of the molecule is O=C(CCc1ccc(F)c(F)c1)Nc1ccc(OCC(F)(F)F)cc1. The minimum atomic E-state index is -4.42. The lowest BCUT2D eigenvalue weighted by Gasteiger charge is -2.10. The first-order valence-corrected chi connectivity index (χ1v) is 7.26. The first-order valence-electron chi connectivity index (χ1n) is 7.26. The summed E-state index contributed by atoms with van der Waals surface area (Å²) in [4.78, 5) is 11.8. The van der Waals surface area contributed by atoms with Crippen LogP contribution in [-0.2, 0) is 11.2 Å². The number of carbonyl (C=O) groups is 1. The van der Waals surface area contributed by atoms with Gasteiger partial charge in [0.2, 0.25) is 5.91 Å². The third-order valence-corrected chi connectivity index (χ3v) is 3.17. The molecule has 1 amide bonds. The molecule has 1 N–H and O–H groups in total. The molecular weight excluding hydrogens is 345 g/mol. The summed E-state index contributed by atoms with van der Waals surface area (Å²) >= 11 is 0. The summed E-state index contributed by atoms with van der Waals surface area (Å²) in [5, 5.41) is 2.55. The van der Waals surface area contributed by atoms with Crippen LogP contribution in [0.4, 0.5) is 27.6 Å². The number of ether oxygens (including phenoxy) is 1. The smallest absolute Gasteiger partial charge is 0.422 e. The van der Waals surface area contributed by atoms with Crippen molar-refractivity contribution in [2.75, 3.05) is 11.9 Å². The molecule has 25 heavy (non-hydrogen) atoms. The fourth-order valence-corrected chi connectivity index (χ4v) is 1.98. The largest absolute Gasteiger partial charge is 0.484 e. The van der Waals surface area contributed by atoms with Gasteiger partial charge < -0.3 is 10.1 Å². The number of halogens is 5. The van der Waals surface area contributed by atoms with Gasteiger partial charge in [0.25, 0.3) is 0 Å². The molecule has 0 aromatic heterocycles. The van der Waals surface area contributed by atoms with Crippen LogP contribution in [0.3, 0.4) is 0 Å². The molecular formula is C17H14F5NO2. The molecule has 0 unspecified atom stereocenters. The van der Waals surface area contributed by atoms with Crippen LogP contribution in [0.2, 0.25) is 0 Å². The molecule has 0 bridgehead atoms. The highest BCUT2D eigenvalue weighted by atomic mass is 19.4. The monoisotopic (exact) mass is 359 g/mol. The van der Waals surface area contributed by atoms with Crippen molar-refractivity contribution >= 4 is 11.6 Å². The maximum atomic E-state index is 13.1. The highest BCUT2D eigenvalue weighted by Gasteiger charge is 2.28. The number of carbonyl (C=O) groups excluding carboxylic acids is 1. The van der Waals surface area contributed by atoms with Crippen molar-refractivity contribution in [1.82, 2.24) is 0 Å². The van der Waals surface area contributed by atoms with Crippen molar-refractivity contribution in [2.45, 2.75) is 19.0 Å². The van der Waals surface area contributed by atoms with Crippen molar-refractivity contribution in [1.29, 1.82) is 0 Å². The lowest BCUT2D eigenvalue weighted by Crippen LogP contribution is -2.19. The Bertz CT molecular complexity index is 729. The molecule has 0 aliphatic rings. The molecule has 0 aliphatic carbocycles.